The van der Waals surface area contributed by atoms with E-state index in [0.29, 0.717) is 18.0 Å². The highest BCUT2D eigenvalue weighted by Crippen LogP contribution is 2.35. The molecule has 0 aromatic carbocycles. The highest BCUT2D eigenvalue weighted by Gasteiger charge is 2.31. The third-order valence-electron chi connectivity index (χ3n) is 3.92. The summed E-state index contributed by atoms with van der Waals surface area (Å²) in [6, 6.07) is 0.609. The summed E-state index contributed by atoms with van der Waals surface area (Å²) in [5.41, 5.74) is -0.0225. The first-order valence-corrected chi connectivity index (χ1v) is 7.91. The fourth-order valence-corrected chi connectivity index (χ4v) is 2.74. The zero-order valence-corrected chi connectivity index (χ0v) is 13.8. The number of nitrogens with one attached hydrogen (secondary N) is 2. The van der Waals surface area contributed by atoms with Gasteiger partial charge in [0.05, 0.1) is 0 Å². The van der Waals surface area contributed by atoms with Crippen LogP contribution in [0.1, 0.15) is 66.7 Å². The zero-order chi connectivity index (χ0) is 15.2. The summed E-state index contributed by atoms with van der Waals surface area (Å²) in [6.45, 7) is 11.9. The van der Waals surface area contributed by atoms with E-state index >= 15 is 0 Å². The molecule has 0 spiro atoms. The van der Waals surface area contributed by atoms with E-state index in [4.69, 9.17) is 4.74 Å². The minimum atomic E-state index is -0.422. The third-order valence-corrected chi connectivity index (χ3v) is 3.92. The van der Waals surface area contributed by atoms with E-state index in [1.165, 1.54) is 25.7 Å². The van der Waals surface area contributed by atoms with E-state index in [-0.39, 0.29) is 6.09 Å². The summed E-state index contributed by atoms with van der Waals surface area (Å²) in [5, 5.41) is 6.44. The van der Waals surface area contributed by atoms with Crippen LogP contribution in [0.4, 0.5) is 4.79 Å². The lowest BCUT2D eigenvalue weighted by molar-refractivity contribution is 0.0527. The van der Waals surface area contributed by atoms with Crippen LogP contribution in [0.25, 0.3) is 0 Å². The first kappa shape index (κ1) is 17.3. The summed E-state index contributed by atoms with van der Waals surface area (Å²) in [6.07, 6.45) is 5.87. The second-order valence-corrected chi connectivity index (χ2v) is 7.52. The SMILES string of the molecule is CC(C)(C)OC(=O)NCCCNC1CCCCC1(C)C. The van der Waals surface area contributed by atoms with E-state index in [1.54, 1.807) is 0 Å². The quantitative estimate of drug-likeness (QED) is 0.760. The average Bonchev–Trinajstić information content (AvgIpc) is 2.28. The second kappa shape index (κ2) is 7.30. The van der Waals surface area contributed by atoms with Crippen molar-refractivity contribution in [1.29, 1.82) is 0 Å². The van der Waals surface area contributed by atoms with Crippen molar-refractivity contribution in [2.45, 2.75) is 78.4 Å². The fourth-order valence-electron chi connectivity index (χ4n) is 2.74. The Bertz CT molecular complexity index is 308. The molecular weight excluding hydrogens is 252 g/mol. The summed E-state index contributed by atoms with van der Waals surface area (Å²) in [7, 11) is 0. The molecule has 2 N–H and O–H groups in total. The van der Waals surface area contributed by atoms with Gasteiger partial charge in [0, 0.05) is 12.6 Å². The molecule has 0 saturated heterocycles. The van der Waals surface area contributed by atoms with Crippen molar-refractivity contribution in [2.75, 3.05) is 13.1 Å². The van der Waals surface area contributed by atoms with Crippen molar-refractivity contribution < 1.29 is 9.53 Å². The maximum atomic E-state index is 11.5. The van der Waals surface area contributed by atoms with Gasteiger partial charge in [-0.2, -0.15) is 0 Å². The van der Waals surface area contributed by atoms with Crippen LogP contribution in [0, 0.1) is 5.41 Å². The average molecular weight is 284 g/mol. The van der Waals surface area contributed by atoms with Gasteiger partial charge in [-0.25, -0.2) is 4.79 Å². The van der Waals surface area contributed by atoms with Gasteiger partial charge in [0.25, 0.3) is 0 Å². The topological polar surface area (TPSA) is 50.4 Å². The molecule has 4 nitrogen and oxygen atoms in total. The first-order valence-electron chi connectivity index (χ1n) is 7.91. The number of hydrogen-bond acceptors (Lipinski definition) is 3. The molecule has 1 unspecified atom stereocenters. The lowest BCUT2D eigenvalue weighted by Crippen LogP contribution is -2.45. The van der Waals surface area contributed by atoms with Crippen molar-refractivity contribution in [3.8, 4) is 0 Å². The number of carbonyl (C=O) groups is 1. The molecule has 0 aromatic heterocycles. The summed E-state index contributed by atoms with van der Waals surface area (Å²) >= 11 is 0. The molecule has 118 valence electrons. The van der Waals surface area contributed by atoms with E-state index < -0.39 is 5.60 Å². The smallest absolute Gasteiger partial charge is 0.407 e. The number of alkyl carbamates (subject to hydrolysis) is 1. The lowest BCUT2D eigenvalue weighted by atomic mass is 9.73. The molecule has 4 heteroatoms. The van der Waals surface area contributed by atoms with Crippen molar-refractivity contribution in [2.24, 2.45) is 5.41 Å². The van der Waals surface area contributed by atoms with Crippen LogP contribution in [0.3, 0.4) is 0 Å². The largest absolute Gasteiger partial charge is 0.444 e. The van der Waals surface area contributed by atoms with Crippen LogP contribution in [-0.2, 0) is 4.74 Å². The molecule has 1 aliphatic rings. The van der Waals surface area contributed by atoms with Gasteiger partial charge in [0.1, 0.15) is 5.60 Å². The van der Waals surface area contributed by atoms with Crippen molar-refractivity contribution in [1.82, 2.24) is 10.6 Å². The molecule has 1 fully saturated rings. The second-order valence-electron chi connectivity index (χ2n) is 7.52. The molecule has 0 heterocycles. The standard InChI is InChI=1S/C16H32N2O2/c1-15(2,3)20-14(19)18-12-8-11-17-13-9-6-7-10-16(13,4)5/h13,17H,6-12H2,1-5H3,(H,18,19). The summed E-state index contributed by atoms with van der Waals surface area (Å²) in [4.78, 5) is 11.5. The molecule has 0 radical (unpaired) electrons. The number of ether oxygens (including phenoxy) is 1. The maximum absolute atomic E-state index is 11.5. The molecule has 1 rings (SSSR count). The van der Waals surface area contributed by atoms with Crippen molar-refractivity contribution in [3.05, 3.63) is 0 Å². The molecule has 20 heavy (non-hydrogen) atoms. The van der Waals surface area contributed by atoms with Crippen LogP contribution in [0.15, 0.2) is 0 Å². The normalized spacial score (nSPS) is 22.4. The van der Waals surface area contributed by atoms with Crippen LogP contribution < -0.4 is 10.6 Å². The summed E-state index contributed by atoms with van der Waals surface area (Å²) in [5.74, 6) is 0. The predicted octanol–water partition coefficient (Wildman–Crippen LogP) is 3.46. The Kier molecular flexibility index (Phi) is 6.31. The van der Waals surface area contributed by atoms with Crippen molar-refractivity contribution in [3.63, 3.8) is 0 Å². The van der Waals surface area contributed by atoms with Gasteiger partial charge in [-0.15, -0.1) is 0 Å². The third kappa shape index (κ3) is 6.60. The molecule has 1 aliphatic carbocycles. The van der Waals surface area contributed by atoms with Gasteiger partial charge in [0.15, 0.2) is 0 Å². The van der Waals surface area contributed by atoms with E-state index in [9.17, 15) is 4.79 Å². The molecule has 0 aromatic rings. The number of hydrogen-bond donors (Lipinski definition) is 2. The molecule has 0 bridgehead atoms. The van der Waals surface area contributed by atoms with Gasteiger partial charge in [-0.1, -0.05) is 26.7 Å². The van der Waals surface area contributed by atoms with Crippen LogP contribution in [0.2, 0.25) is 0 Å². The Labute approximate surface area is 124 Å². The van der Waals surface area contributed by atoms with E-state index in [2.05, 4.69) is 24.5 Å². The monoisotopic (exact) mass is 284 g/mol. The highest BCUT2D eigenvalue weighted by molar-refractivity contribution is 5.67. The van der Waals surface area contributed by atoms with E-state index in [0.717, 1.165) is 13.0 Å². The fraction of sp³-hybridized carbons (Fsp3) is 0.938. The van der Waals surface area contributed by atoms with Crippen LogP contribution >= 0.6 is 0 Å². The zero-order valence-electron chi connectivity index (χ0n) is 13.8. The number of amides is 1. The Morgan fingerprint density at radius 2 is 1.95 bits per heavy atom. The minimum absolute atomic E-state index is 0.324. The molecule has 1 saturated carbocycles. The Morgan fingerprint density at radius 1 is 1.25 bits per heavy atom. The predicted molar refractivity (Wildman–Crippen MR) is 82.9 cm³/mol. The lowest BCUT2D eigenvalue weighted by Gasteiger charge is -2.39. The Balaban J connectivity index is 2.11. The minimum Gasteiger partial charge on any atom is -0.444 e. The van der Waals surface area contributed by atoms with E-state index in [1.807, 2.05) is 20.8 Å². The molecule has 0 aliphatic heterocycles. The van der Waals surface area contributed by atoms with Crippen LogP contribution in [-0.4, -0.2) is 30.8 Å². The molecular formula is C16H32N2O2. The number of rotatable bonds is 5. The Morgan fingerprint density at radius 3 is 2.55 bits per heavy atom. The first-order chi connectivity index (χ1) is 9.21. The Hall–Kier alpha value is -0.770. The van der Waals surface area contributed by atoms with Gasteiger partial charge in [-0.05, 0) is 52.0 Å². The number of carbonyl (C=O) groups excluding carboxylic acids is 1. The van der Waals surface area contributed by atoms with Gasteiger partial charge < -0.3 is 15.4 Å². The highest BCUT2D eigenvalue weighted by atomic mass is 16.6. The maximum Gasteiger partial charge on any atom is 0.407 e. The van der Waals surface area contributed by atoms with Crippen molar-refractivity contribution >= 4 is 6.09 Å². The summed E-state index contributed by atoms with van der Waals surface area (Å²) < 4.78 is 5.20. The van der Waals surface area contributed by atoms with Gasteiger partial charge in [0.2, 0.25) is 0 Å². The van der Waals surface area contributed by atoms with Gasteiger partial charge in [-0.3, -0.25) is 0 Å². The van der Waals surface area contributed by atoms with Gasteiger partial charge >= 0.3 is 6.09 Å². The molecule has 1 atom stereocenters. The molecule has 1 amide bonds. The van der Waals surface area contributed by atoms with Crippen LogP contribution in [0.5, 0.6) is 0 Å².